The molecule has 3 aromatic rings. The maximum absolute atomic E-state index is 12.2. The topological polar surface area (TPSA) is 62.2 Å². The zero-order valence-corrected chi connectivity index (χ0v) is 14.1. The minimum atomic E-state index is -0.233. The Morgan fingerprint density at radius 3 is 2.92 bits per heavy atom. The van der Waals surface area contributed by atoms with E-state index in [-0.39, 0.29) is 6.03 Å². The molecule has 0 radical (unpaired) electrons. The molecule has 0 saturated carbocycles. The molecule has 6 heteroatoms. The molecular formula is C19H21N5O. The van der Waals surface area contributed by atoms with Gasteiger partial charge in [-0.05, 0) is 37.1 Å². The van der Waals surface area contributed by atoms with E-state index in [0.29, 0.717) is 12.6 Å². The summed E-state index contributed by atoms with van der Waals surface area (Å²) in [5.41, 5.74) is 7.19. The number of hydrogen-bond donors (Lipinski definition) is 2. The van der Waals surface area contributed by atoms with Crippen LogP contribution in [0.25, 0.3) is 11.0 Å². The second-order valence-electron chi connectivity index (χ2n) is 6.35. The van der Waals surface area contributed by atoms with Gasteiger partial charge in [0.25, 0.3) is 0 Å². The number of nitrogens with zero attached hydrogens (tertiary/aromatic N) is 3. The van der Waals surface area contributed by atoms with Crippen molar-refractivity contribution < 1.29 is 4.79 Å². The summed E-state index contributed by atoms with van der Waals surface area (Å²) in [7, 11) is 0. The smallest absolute Gasteiger partial charge is 0.334 e. The Hall–Kier alpha value is -3.02. The van der Waals surface area contributed by atoms with Gasteiger partial charge in [-0.1, -0.05) is 30.3 Å². The summed E-state index contributed by atoms with van der Waals surface area (Å²) in [6.45, 7) is 3.59. The highest BCUT2D eigenvalue weighted by Crippen LogP contribution is 2.31. The third kappa shape index (κ3) is 3.03. The highest BCUT2D eigenvalue weighted by atomic mass is 16.2. The van der Waals surface area contributed by atoms with Gasteiger partial charge in [0.2, 0.25) is 0 Å². The molecule has 0 saturated heterocycles. The standard InChI is InChI=1S/C19H21N5O/c1-14-12-15-6-2-4-8-17(15)23(14)11-10-20-19(25)22-24-13-21-16-7-3-5-9-18(16)24/h2-9,13-14H,10-12H2,1H3,(H2,20,22,25)/t14-/m0/s1. The van der Waals surface area contributed by atoms with Crippen LogP contribution in [-0.2, 0) is 6.42 Å². The first-order chi connectivity index (χ1) is 12.2. The molecule has 1 aromatic heterocycles. The maximum Gasteiger partial charge on any atom is 0.334 e. The molecule has 2 amide bonds. The number of benzene rings is 2. The lowest BCUT2D eigenvalue weighted by atomic mass is 10.1. The Balaban J connectivity index is 1.34. The molecule has 2 N–H and O–H groups in total. The summed E-state index contributed by atoms with van der Waals surface area (Å²) < 4.78 is 1.64. The lowest BCUT2D eigenvalue weighted by Crippen LogP contribution is -2.41. The average Bonchev–Trinajstić information content (AvgIpc) is 3.16. The molecule has 4 rings (SSSR count). The summed E-state index contributed by atoms with van der Waals surface area (Å²) in [4.78, 5) is 18.8. The van der Waals surface area contributed by atoms with Crippen LogP contribution in [0.3, 0.4) is 0 Å². The lowest BCUT2D eigenvalue weighted by molar-refractivity contribution is 0.250. The number of aromatic nitrogens is 2. The van der Waals surface area contributed by atoms with Crippen molar-refractivity contribution in [2.45, 2.75) is 19.4 Å². The largest absolute Gasteiger partial charge is 0.367 e. The summed E-state index contributed by atoms with van der Waals surface area (Å²) in [5, 5.41) is 2.92. The Bertz CT molecular complexity index is 903. The van der Waals surface area contributed by atoms with Gasteiger partial charge >= 0.3 is 6.03 Å². The third-order valence-electron chi connectivity index (χ3n) is 4.66. The average molecular weight is 335 g/mol. The second-order valence-corrected chi connectivity index (χ2v) is 6.35. The molecule has 2 heterocycles. The molecule has 0 unspecified atom stereocenters. The minimum absolute atomic E-state index is 0.233. The first kappa shape index (κ1) is 15.5. The van der Waals surface area contributed by atoms with E-state index < -0.39 is 0 Å². The number of urea groups is 1. The Kier molecular flexibility index (Phi) is 4.01. The second kappa shape index (κ2) is 6.47. The van der Waals surface area contributed by atoms with Crippen molar-refractivity contribution >= 4 is 22.8 Å². The van der Waals surface area contributed by atoms with E-state index in [0.717, 1.165) is 24.0 Å². The zero-order valence-electron chi connectivity index (χ0n) is 14.1. The molecule has 0 bridgehead atoms. The van der Waals surface area contributed by atoms with E-state index in [2.05, 4.69) is 51.8 Å². The summed E-state index contributed by atoms with van der Waals surface area (Å²) >= 11 is 0. The number of rotatable bonds is 4. The first-order valence-electron chi connectivity index (χ1n) is 8.54. The van der Waals surface area contributed by atoms with E-state index in [1.165, 1.54) is 11.3 Å². The fourth-order valence-corrected chi connectivity index (χ4v) is 3.46. The molecule has 1 aliphatic rings. The molecule has 0 fully saturated rings. The van der Waals surface area contributed by atoms with Crippen LogP contribution in [0.1, 0.15) is 12.5 Å². The van der Waals surface area contributed by atoms with E-state index in [9.17, 15) is 4.79 Å². The zero-order chi connectivity index (χ0) is 17.2. The van der Waals surface area contributed by atoms with Gasteiger partial charge in [0.1, 0.15) is 6.33 Å². The van der Waals surface area contributed by atoms with Crippen molar-refractivity contribution in [1.29, 1.82) is 0 Å². The Morgan fingerprint density at radius 2 is 2.00 bits per heavy atom. The normalized spacial score (nSPS) is 16.0. The van der Waals surface area contributed by atoms with Crippen molar-refractivity contribution in [3.63, 3.8) is 0 Å². The fourth-order valence-electron chi connectivity index (χ4n) is 3.46. The van der Waals surface area contributed by atoms with Gasteiger partial charge in [0, 0.05) is 24.8 Å². The number of amides is 2. The summed E-state index contributed by atoms with van der Waals surface area (Å²) in [5.74, 6) is 0. The number of carbonyl (C=O) groups excluding carboxylic acids is 1. The maximum atomic E-state index is 12.2. The lowest BCUT2D eigenvalue weighted by Gasteiger charge is -2.25. The van der Waals surface area contributed by atoms with E-state index in [1.54, 1.807) is 11.0 Å². The first-order valence-corrected chi connectivity index (χ1v) is 8.54. The molecule has 6 nitrogen and oxygen atoms in total. The van der Waals surface area contributed by atoms with Gasteiger partial charge in [-0.15, -0.1) is 0 Å². The molecule has 25 heavy (non-hydrogen) atoms. The Labute approximate surface area is 146 Å². The van der Waals surface area contributed by atoms with Crippen LogP contribution >= 0.6 is 0 Å². The number of hydrogen-bond acceptors (Lipinski definition) is 3. The van der Waals surface area contributed by atoms with Crippen LogP contribution in [0.5, 0.6) is 0 Å². The van der Waals surface area contributed by atoms with Crippen molar-refractivity contribution in [2.24, 2.45) is 0 Å². The monoisotopic (exact) mass is 335 g/mol. The Morgan fingerprint density at radius 1 is 1.20 bits per heavy atom. The van der Waals surface area contributed by atoms with Crippen molar-refractivity contribution in [2.75, 3.05) is 23.4 Å². The van der Waals surface area contributed by atoms with E-state index >= 15 is 0 Å². The van der Waals surface area contributed by atoms with Gasteiger partial charge in [-0.2, -0.15) is 0 Å². The number of para-hydroxylation sites is 3. The van der Waals surface area contributed by atoms with Crippen molar-refractivity contribution in [1.82, 2.24) is 15.0 Å². The molecule has 0 aliphatic carbocycles. The summed E-state index contributed by atoms with van der Waals surface area (Å²) in [6.07, 6.45) is 2.67. The molecular weight excluding hydrogens is 314 g/mol. The van der Waals surface area contributed by atoms with Gasteiger partial charge in [-0.25, -0.2) is 19.9 Å². The van der Waals surface area contributed by atoms with Gasteiger partial charge in [0.05, 0.1) is 11.0 Å². The van der Waals surface area contributed by atoms with E-state index in [4.69, 9.17) is 0 Å². The number of anilines is 1. The SMILES string of the molecule is C[C@H]1Cc2ccccc2N1CCNC(=O)Nn1cnc2ccccc21. The number of carbonyl (C=O) groups is 1. The number of fused-ring (bicyclic) bond motifs is 2. The molecule has 2 aromatic carbocycles. The highest BCUT2D eigenvalue weighted by molar-refractivity contribution is 5.85. The van der Waals surface area contributed by atoms with E-state index in [1.807, 2.05) is 24.3 Å². The van der Waals surface area contributed by atoms with Crippen LogP contribution in [0.15, 0.2) is 54.9 Å². The molecule has 1 atom stereocenters. The van der Waals surface area contributed by atoms with Crippen LogP contribution < -0.4 is 15.6 Å². The van der Waals surface area contributed by atoms with Gasteiger partial charge in [0.15, 0.2) is 0 Å². The minimum Gasteiger partial charge on any atom is -0.367 e. The van der Waals surface area contributed by atoms with Crippen LogP contribution in [-0.4, -0.2) is 34.8 Å². The number of nitrogens with one attached hydrogen (secondary N) is 2. The highest BCUT2D eigenvalue weighted by Gasteiger charge is 2.24. The molecule has 128 valence electrons. The third-order valence-corrected chi connectivity index (χ3v) is 4.66. The number of imidazole rings is 1. The van der Waals surface area contributed by atoms with Crippen LogP contribution in [0.2, 0.25) is 0 Å². The fraction of sp³-hybridized carbons (Fsp3) is 0.263. The molecule has 0 spiro atoms. The van der Waals surface area contributed by atoms with Crippen molar-refractivity contribution in [3.8, 4) is 0 Å². The van der Waals surface area contributed by atoms with Crippen LogP contribution in [0.4, 0.5) is 10.5 Å². The molecule has 1 aliphatic heterocycles. The predicted octanol–water partition coefficient (Wildman–Crippen LogP) is 2.74. The van der Waals surface area contributed by atoms with Crippen LogP contribution in [0, 0.1) is 0 Å². The predicted molar refractivity (Wildman–Crippen MR) is 99.4 cm³/mol. The quantitative estimate of drug-likeness (QED) is 0.771. The van der Waals surface area contributed by atoms with Gasteiger partial charge < -0.3 is 10.2 Å². The van der Waals surface area contributed by atoms with Crippen molar-refractivity contribution in [3.05, 3.63) is 60.4 Å². The summed E-state index contributed by atoms with van der Waals surface area (Å²) in [6, 6.07) is 16.4. The van der Waals surface area contributed by atoms with Gasteiger partial charge in [-0.3, -0.25) is 0 Å².